The summed E-state index contributed by atoms with van der Waals surface area (Å²) in [6.45, 7) is 6.57. The van der Waals surface area contributed by atoms with Crippen LogP contribution in [0.15, 0.2) is 72.9 Å². The lowest BCUT2D eigenvalue weighted by Gasteiger charge is -2.23. The minimum Gasteiger partial charge on any atom is -0.340 e. The number of anilines is 3. The van der Waals surface area contributed by atoms with Crippen LogP contribution in [0.4, 0.5) is 17.2 Å². The predicted molar refractivity (Wildman–Crippen MR) is 116 cm³/mol. The highest BCUT2D eigenvalue weighted by Gasteiger charge is 2.17. The minimum atomic E-state index is -0.00978. The van der Waals surface area contributed by atoms with Crippen LogP contribution in [-0.2, 0) is 16.6 Å². The SMILES string of the molecule is CC(C)(C)c1ccccc1Nc1ccc(NC(=O)CCc2ccccc2)cn1. The predicted octanol–water partition coefficient (Wildman–Crippen LogP) is 5.69. The monoisotopic (exact) mass is 373 g/mol. The molecule has 0 radical (unpaired) electrons. The maximum Gasteiger partial charge on any atom is 0.224 e. The maximum absolute atomic E-state index is 12.2. The molecule has 3 rings (SSSR count). The molecular weight excluding hydrogens is 346 g/mol. The van der Waals surface area contributed by atoms with Gasteiger partial charge in [0.15, 0.2) is 0 Å². The van der Waals surface area contributed by atoms with Gasteiger partial charge in [0.25, 0.3) is 0 Å². The van der Waals surface area contributed by atoms with Crippen molar-refractivity contribution in [2.45, 2.75) is 39.0 Å². The molecule has 4 heteroatoms. The normalized spacial score (nSPS) is 11.1. The number of hydrogen-bond acceptors (Lipinski definition) is 3. The van der Waals surface area contributed by atoms with Crippen LogP contribution in [0, 0.1) is 0 Å². The lowest BCUT2D eigenvalue weighted by molar-refractivity contribution is -0.116. The second-order valence-corrected chi connectivity index (χ2v) is 7.89. The Hall–Kier alpha value is -3.14. The third-order valence-electron chi connectivity index (χ3n) is 4.53. The van der Waals surface area contributed by atoms with E-state index in [4.69, 9.17) is 0 Å². The van der Waals surface area contributed by atoms with E-state index in [1.165, 1.54) is 5.56 Å². The van der Waals surface area contributed by atoms with Gasteiger partial charge in [-0.3, -0.25) is 4.79 Å². The second-order valence-electron chi connectivity index (χ2n) is 7.89. The van der Waals surface area contributed by atoms with Gasteiger partial charge in [0, 0.05) is 12.1 Å². The zero-order valence-electron chi connectivity index (χ0n) is 16.7. The Morgan fingerprint density at radius 1 is 0.929 bits per heavy atom. The van der Waals surface area contributed by atoms with Gasteiger partial charge in [-0.15, -0.1) is 0 Å². The van der Waals surface area contributed by atoms with Gasteiger partial charge in [-0.05, 0) is 41.2 Å². The highest BCUT2D eigenvalue weighted by atomic mass is 16.1. The van der Waals surface area contributed by atoms with E-state index in [2.05, 4.69) is 48.5 Å². The zero-order chi connectivity index (χ0) is 20.0. The fourth-order valence-electron chi connectivity index (χ4n) is 3.05. The van der Waals surface area contributed by atoms with Crippen molar-refractivity contribution in [3.05, 3.63) is 84.1 Å². The summed E-state index contributed by atoms with van der Waals surface area (Å²) >= 11 is 0. The number of nitrogens with one attached hydrogen (secondary N) is 2. The van der Waals surface area contributed by atoms with E-state index >= 15 is 0 Å². The number of benzene rings is 2. The Balaban J connectivity index is 1.59. The summed E-state index contributed by atoms with van der Waals surface area (Å²) < 4.78 is 0. The lowest BCUT2D eigenvalue weighted by Crippen LogP contribution is -2.14. The first-order valence-electron chi connectivity index (χ1n) is 9.58. The van der Waals surface area contributed by atoms with E-state index < -0.39 is 0 Å². The van der Waals surface area contributed by atoms with Crippen molar-refractivity contribution in [1.29, 1.82) is 0 Å². The van der Waals surface area contributed by atoms with Gasteiger partial charge in [0.05, 0.1) is 11.9 Å². The molecule has 0 aliphatic heterocycles. The number of rotatable bonds is 6. The smallest absolute Gasteiger partial charge is 0.224 e. The van der Waals surface area contributed by atoms with Gasteiger partial charge in [0.1, 0.15) is 5.82 Å². The molecule has 0 spiro atoms. The van der Waals surface area contributed by atoms with Crippen LogP contribution in [-0.4, -0.2) is 10.9 Å². The largest absolute Gasteiger partial charge is 0.340 e. The summed E-state index contributed by atoms with van der Waals surface area (Å²) in [6.07, 6.45) is 2.86. The molecule has 1 aromatic heterocycles. The summed E-state index contributed by atoms with van der Waals surface area (Å²) in [5.74, 6) is 0.739. The third-order valence-corrected chi connectivity index (χ3v) is 4.53. The molecule has 144 valence electrons. The minimum absolute atomic E-state index is 0.00978. The molecular formula is C24H27N3O. The van der Waals surface area contributed by atoms with Crippen molar-refractivity contribution < 1.29 is 4.79 Å². The van der Waals surface area contributed by atoms with Crippen LogP contribution in [0.25, 0.3) is 0 Å². The molecule has 0 fully saturated rings. The van der Waals surface area contributed by atoms with Crippen molar-refractivity contribution in [3.63, 3.8) is 0 Å². The molecule has 0 aliphatic rings. The van der Waals surface area contributed by atoms with Crippen LogP contribution in [0.2, 0.25) is 0 Å². The number of para-hydroxylation sites is 1. The number of aromatic nitrogens is 1. The molecule has 3 aromatic rings. The molecule has 4 nitrogen and oxygen atoms in total. The highest BCUT2D eigenvalue weighted by Crippen LogP contribution is 2.30. The number of aryl methyl sites for hydroxylation is 1. The quantitative estimate of drug-likeness (QED) is 0.583. The van der Waals surface area contributed by atoms with Crippen LogP contribution < -0.4 is 10.6 Å². The third kappa shape index (κ3) is 5.43. The molecule has 2 aromatic carbocycles. The Kier molecular flexibility index (Phi) is 6.09. The maximum atomic E-state index is 12.2. The van der Waals surface area contributed by atoms with Crippen LogP contribution in [0.3, 0.4) is 0 Å². The zero-order valence-corrected chi connectivity index (χ0v) is 16.7. The van der Waals surface area contributed by atoms with Crippen molar-refractivity contribution >= 4 is 23.1 Å². The van der Waals surface area contributed by atoms with E-state index in [1.807, 2.05) is 54.6 Å². The molecule has 1 heterocycles. The first-order chi connectivity index (χ1) is 13.4. The van der Waals surface area contributed by atoms with E-state index in [1.54, 1.807) is 6.20 Å². The number of hydrogen-bond donors (Lipinski definition) is 2. The van der Waals surface area contributed by atoms with E-state index in [0.717, 1.165) is 23.5 Å². The number of carbonyl (C=O) groups is 1. The fourth-order valence-corrected chi connectivity index (χ4v) is 3.05. The van der Waals surface area contributed by atoms with Gasteiger partial charge in [0.2, 0.25) is 5.91 Å². The first-order valence-corrected chi connectivity index (χ1v) is 9.58. The van der Waals surface area contributed by atoms with Crippen LogP contribution in [0.1, 0.15) is 38.3 Å². The molecule has 0 atom stereocenters. The summed E-state index contributed by atoms with van der Waals surface area (Å²) in [5.41, 5.74) is 4.17. The molecule has 0 saturated heterocycles. The Labute approximate surface area is 167 Å². The summed E-state index contributed by atoms with van der Waals surface area (Å²) in [4.78, 5) is 16.6. The van der Waals surface area contributed by atoms with E-state index in [-0.39, 0.29) is 11.3 Å². The van der Waals surface area contributed by atoms with Crippen molar-refractivity contribution in [2.75, 3.05) is 10.6 Å². The van der Waals surface area contributed by atoms with E-state index in [9.17, 15) is 4.79 Å². The average molecular weight is 374 g/mol. The first kappa shape index (κ1) is 19.6. The number of carbonyl (C=O) groups excluding carboxylic acids is 1. The van der Waals surface area contributed by atoms with Gasteiger partial charge in [-0.2, -0.15) is 0 Å². The molecule has 2 N–H and O–H groups in total. The van der Waals surface area contributed by atoms with Gasteiger partial charge in [-0.1, -0.05) is 69.3 Å². The Morgan fingerprint density at radius 2 is 1.64 bits per heavy atom. The topological polar surface area (TPSA) is 54.0 Å². The Morgan fingerprint density at radius 3 is 2.32 bits per heavy atom. The number of nitrogens with zero attached hydrogens (tertiary/aromatic N) is 1. The molecule has 0 unspecified atom stereocenters. The van der Waals surface area contributed by atoms with Gasteiger partial charge >= 0.3 is 0 Å². The van der Waals surface area contributed by atoms with Crippen LogP contribution in [0.5, 0.6) is 0 Å². The molecule has 28 heavy (non-hydrogen) atoms. The standard InChI is InChI=1S/C24H27N3O/c1-24(2,3)20-11-7-8-12-21(20)27-22-15-14-19(17-25-22)26-23(28)16-13-18-9-5-4-6-10-18/h4-12,14-15,17H,13,16H2,1-3H3,(H,25,27)(H,26,28). The summed E-state index contributed by atoms with van der Waals surface area (Å²) in [7, 11) is 0. The molecule has 0 bridgehead atoms. The lowest BCUT2D eigenvalue weighted by atomic mass is 9.86. The average Bonchev–Trinajstić information content (AvgIpc) is 2.68. The molecule has 0 saturated carbocycles. The summed E-state index contributed by atoms with van der Waals surface area (Å²) in [5, 5.41) is 6.29. The summed E-state index contributed by atoms with van der Waals surface area (Å²) in [6, 6.07) is 22.0. The van der Waals surface area contributed by atoms with Crippen molar-refractivity contribution in [1.82, 2.24) is 4.98 Å². The van der Waals surface area contributed by atoms with Gasteiger partial charge < -0.3 is 10.6 Å². The van der Waals surface area contributed by atoms with E-state index in [0.29, 0.717) is 12.1 Å². The highest BCUT2D eigenvalue weighted by molar-refractivity contribution is 5.90. The Bertz CT molecular complexity index is 913. The fraction of sp³-hybridized carbons (Fsp3) is 0.250. The van der Waals surface area contributed by atoms with Crippen molar-refractivity contribution in [2.24, 2.45) is 0 Å². The van der Waals surface area contributed by atoms with Crippen molar-refractivity contribution in [3.8, 4) is 0 Å². The van der Waals surface area contributed by atoms with Gasteiger partial charge in [-0.25, -0.2) is 4.98 Å². The van der Waals surface area contributed by atoms with Crippen LogP contribution >= 0.6 is 0 Å². The number of amides is 1. The second kappa shape index (κ2) is 8.70. The molecule has 1 amide bonds. The number of pyridine rings is 1. The molecule has 0 aliphatic carbocycles.